The summed E-state index contributed by atoms with van der Waals surface area (Å²) in [4.78, 5) is 16.8. The van der Waals surface area contributed by atoms with Crippen LogP contribution in [0.2, 0.25) is 0 Å². The van der Waals surface area contributed by atoms with Crippen molar-refractivity contribution in [1.29, 1.82) is 0 Å². The molecule has 0 bridgehead atoms. The number of piperazine rings is 1. The molecule has 1 spiro atoms. The lowest BCUT2D eigenvalue weighted by Gasteiger charge is -2.44. The van der Waals surface area contributed by atoms with Gasteiger partial charge in [-0.25, -0.2) is 9.10 Å². The number of hydrogen-bond acceptors (Lipinski definition) is 6. The Bertz CT molecular complexity index is 955. The molecule has 33 heavy (non-hydrogen) atoms. The number of anilines is 1. The number of fused-ring (bicyclic) bond motifs is 1. The summed E-state index contributed by atoms with van der Waals surface area (Å²) in [6.07, 6.45) is 5.68. The molecule has 0 atom stereocenters. The van der Waals surface area contributed by atoms with Crippen LogP contribution in [0.3, 0.4) is 0 Å². The number of amides is 1. The van der Waals surface area contributed by atoms with Gasteiger partial charge in [-0.1, -0.05) is 42.3 Å². The van der Waals surface area contributed by atoms with Crippen LogP contribution in [0.25, 0.3) is 0 Å². The predicted molar refractivity (Wildman–Crippen MR) is 133 cm³/mol. The van der Waals surface area contributed by atoms with E-state index in [-0.39, 0.29) is 11.7 Å². The maximum Gasteiger partial charge on any atom is 0.410 e. The van der Waals surface area contributed by atoms with Crippen LogP contribution in [0.1, 0.15) is 30.4 Å². The van der Waals surface area contributed by atoms with Crippen LogP contribution in [0, 0.1) is 0 Å². The maximum atomic E-state index is 12.5. The highest BCUT2D eigenvalue weighted by atomic mass is 32.2. The van der Waals surface area contributed by atoms with Crippen molar-refractivity contribution in [1.82, 2.24) is 9.21 Å². The molecule has 0 unspecified atom stereocenters. The first kappa shape index (κ1) is 22.4. The number of piperidine rings is 1. The molecule has 2 fully saturated rings. The molecule has 0 aliphatic carbocycles. The van der Waals surface area contributed by atoms with Gasteiger partial charge in [0.25, 0.3) is 0 Å². The number of likely N-dealkylation sites (tertiary alicyclic amines) is 1. The largest absolute Gasteiger partial charge is 0.487 e. The Morgan fingerprint density at radius 1 is 1.00 bits per heavy atom. The quantitative estimate of drug-likeness (QED) is 0.613. The van der Waals surface area contributed by atoms with Gasteiger partial charge < -0.3 is 19.3 Å². The summed E-state index contributed by atoms with van der Waals surface area (Å²) in [7, 11) is 0. The van der Waals surface area contributed by atoms with Gasteiger partial charge in [0.1, 0.15) is 18.0 Å². The standard InChI is InChI=1S/C26H33N3O3S/c1-33-29-17-15-27(16-18-29)23-7-8-24-22(19-23)9-10-26(32-24)11-13-28(14-12-26)25(30)31-20-21-5-3-2-4-6-21/h2-8,19H,9-18,20H2,1H3. The van der Waals surface area contributed by atoms with Crippen LogP contribution in [-0.2, 0) is 17.8 Å². The first-order valence-corrected chi connectivity index (χ1v) is 13.1. The SMILES string of the molecule is CSN1CCN(c2ccc3c(c2)CCC2(CCN(C(=O)OCc4ccccc4)CC2)O3)CC1. The van der Waals surface area contributed by atoms with E-state index < -0.39 is 0 Å². The van der Waals surface area contributed by atoms with Gasteiger partial charge in [0.05, 0.1) is 0 Å². The van der Waals surface area contributed by atoms with Gasteiger partial charge in [-0.2, -0.15) is 0 Å². The van der Waals surface area contributed by atoms with E-state index in [1.807, 2.05) is 47.2 Å². The molecule has 0 N–H and O–H groups in total. The fourth-order valence-electron chi connectivity index (χ4n) is 5.09. The third-order valence-electron chi connectivity index (χ3n) is 7.22. The second-order valence-electron chi connectivity index (χ2n) is 9.20. The van der Waals surface area contributed by atoms with Crippen molar-refractivity contribution in [3.05, 3.63) is 59.7 Å². The first-order chi connectivity index (χ1) is 16.1. The van der Waals surface area contributed by atoms with Crippen molar-refractivity contribution in [2.75, 3.05) is 50.4 Å². The number of aryl methyl sites for hydroxylation is 1. The van der Waals surface area contributed by atoms with Crippen LogP contribution in [0.5, 0.6) is 5.75 Å². The lowest BCUT2D eigenvalue weighted by atomic mass is 9.83. The molecule has 0 saturated carbocycles. The molecule has 6 nitrogen and oxygen atoms in total. The van der Waals surface area contributed by atoms with Gasteiger partial charge in [0.15, 0.2) is 0 Å². The Labute approximate surface area is 201 Å². The number of carbonyl (C=O) groups excluding carboxylic acids is 1. The van der Waals surface area contributed by atoms with Crippen LogP contribution >= 0.6 is 11.9 Å². The highest BCUT2D eigenvalue weighted by Gasteiger charge is 2.41. The molecule has 5 rings (SSSR count). The van der Waals surface area contributed by atoms with Gasteiger partial charge in [-0.3, -0.25) is 0 Å². The Kier molecular flexibility index (Phi) is 6.69. The fourth-order valence-corrected chi connectivity index (χ4v) is 5.62. The van der Waals surface area contributed by atoms with E-state index in [4.69, 9.17) is 9.47 Å². The molecular weight excluding hydrogens is 434 g/mol. The zero-order valence-electron chi connectivity index (χ0n) is 19.4. The number of carbonyl (C=O) groups is 1. The normalized spacial score (nSPS) is 20.3. The van der Waals surface area contributed by atoms with E-state index in [2.05, 4.69) is 33.7 Å². The van der Waals surface area contributed by atoms with Gasteiger partial charge in [-0.15, -0.1) is 0 Å². The second kappa shape index (κ2) is 9.85. The van der Waals surface area contributed by atoms with Gasteiger partial charge in [-0.05, 0) is 48.4 Å². The minimum atomic E-state index is -0.226. The number of ether oxygens (including phenoxy) is 2. The minimum absolute atomic E-state index is 0.158. The summed E-state index contributed by atoms with van der Waals surface area (Å²) in [5.74, 6) is 1.02. The molecule has 2 saturated heterocycles. The van der Waals surface area contributed by atoms with Crippen LogP contribution in [0.15, 0.2) is 48.5 Å². The molecule has 3 heterocycles. The highest BCUT2D eigenvalue weighted by Crippen LogP contribution is 2.41. The van der Waals surface area contributed by atoms with E-state index in [1.165, 1.54) is 11.3 Å². The van der Waals surface area contributed by atoms with Crippen molar-refractivity contribution in [2.45, 2.75) is 37.9 Å². The zero-order chi connectivity index (χ0) is 22.7. The molecule has 3 aliphatic heterocycles. The van der Waals surface area contributed by atoms with Gasteiger partial charge in [0.2, 0.25) is 0 Å². The molecule has 0 aromatic heterocycles. The highest BCUT2D eigenvalue weighted by molar-refractivity contribution is 7.96. The Morgan fingerprint density at radius 2 is 1.76 bits per heavy atom. The third kappa shape index (κ3) is 5.09. The molecule has 0 radical (unpaired) electrons. The lowest BCUT2D eigenvalue weighted by Crippen LogP contribution is -2.51. The summed E-state index contributed by atoms with van der Waals surface area (Å²) in [6.45, 7) is 6.02. The van der Waals surface area contributed by atoms with Crippen molar-refractivity contribution in [3.8, 4) is 5.75 Å². The van der Waals surface area contributed by atoms with Crippen LogP contribution < -0.4 is 9.64 Å². The molecule has 7 heteroatoms. The van der Waals surface area contributed by atoms with E-state index in [1.54, 1.807) is 0 Å². The van der Waals surface area contributed by atoms with Crippen LogP contribution in [-0.4, -0.2) is 66.4 Å². The average molecular weight is 468 g/mol. The van der Waals surface area contributed by atoms with E-state index in [0.717, 1.165) is 63.2 Å². The second-order valence-corrected chi connectivity index (χ2v) is 10.1. The molecule has 2 aromatic carbocycles. The monoisotopic (exact) mass is 467 g/mol. The molecule has 3 aliphatic rings. The number of benzene rings is 2. The van der Waals surface area contributed by atoms with Crippen molar-refractivity contribution in [2.24, 2.45) is 0 Å². The van der Waals surface area contributed by atoms with E-state index in [9.17, 15) is 4.79 Å². The molecule has 2 aromatic rings. The topological polar surface area (TPSA) is 45.2 Å². The summed E-state index contributed by atoms with van der Waals surface area (Å²) >= 11 is 1.84. The minimum Gasteiger partial charge on any atom is -0.487 e. The molecular formula is C26H33N3O3S. The number of hydrogen-bond donors (Lipinski definition) is 0. The maximum absolute atomic E-state index is 12.5. The van der Waals surface area contributed by atoms with E-state index >= 15 is 0 Å². The van der Waals surface area contributed by atoms with Crippen molar-refractivity contribution >= 4 is 23.7 Å². The Morgan fingerprint density at radius 3 is 2.48 bits per heavy atom. The average Bonchev–Trinajstić information content (AvgIpc) is 2.88. The smallest absolute Gasteiger partial charge is 0.410 e. The Balaban J connectivity index is 1.15. The number of nitrogens with zero attached hydrogens (tertiary/aromatic N) is 3. The van der Waals surface area contributed by atoms with Gasteiger partial charge in [0, 0.05) is 57.8 Å². The summed E-state index contributed by atoms with van der Waals surface area (Å²) in [5.41, 5.74) is 3.48. The third-order valence-corrected chi connectivity index (χ3v) is 8.10. The summed E-state index contributed by atoms with van der Waals surface area (Å²) in [5, 5.41) is 0. The van der Waals surface area contributed by atoms with Crippen molar-refractivity contribution < 1.29 is 14.3 Å². The van der Waals surface area contributed by atoms with Crippen molar-refractivity contribution in [3.63, 3.8) is 0 Å². The Hall–Kier alpha value is -2.38. The summed E-state index contributed by atoms with van der Waals surface area (Å²) in [6, 6.07) is 16.5. The zero-order valence-corrected chi connectivity index (χ0v) is 20.2. The molecule has 176 valence electrons. The molecule has 1 amide bonds. The van der Waals surface area contributed by atoms with Crippen LogP contribution in [0.4, 0.5) is 10.5 Å². The number of rotatable bonds is 4. The summed E-state index contributed by atoms with van der Waals surface area (Å²) < 4.78 is 14.5. The van der Waals surface area contributed by atoms with E-state index in [0.29, 0.717) is 19.7 Å². The fraction of sp³-hybridized carbons (Fsp3) is 0.500. The van der Waals surface area contributed by atoms with Gasteiger partial charge >= 0.3 is 6.09 Å². The lowest BCUT2D eigenvalue weighted by molar-refractivity contribution is -0.0150. The first-order valence-electron chi connectivity index (χ1n) is 12.0. The predicted octanol–water partition coefficient (Wildman–Crippen LogP) is 4.58.